The van der Waals surface area contributed by atoms with Crippen LogP contribution in [0.25, 0.3) is 0 Å². The second kappa shape index (κ2) is 6.76. The average molecular weight is 251 g/mol. The lowest BCUT2D eigenvalue weighted by Crippen LogP contribution is -2.44. The Bertz CT molecular complexity index is 341. The van der Waals surface area contributed by atoms with Gasteiger partial charge in [-0.1, -0.05) is 17.7 Å². The Labute approximate surface area is 110 Å². The molecule has 1 aromatic rings. The molecule has 0 aromatic heterocycles. The van der Waals surface area contributed by atoms with Crippen molar-refractivity contribution in [2.45, 2.75) is 39.3 Å². The van der Waals surface area contributed by atoms with Crippen LogP contribution in [0.3, 0.4) is 0 Å². The van der Waals surface area contributed by atoms with Gasteiger partial charge < -0.3 is 14.8 Å². The van der Waals surface area contributed by atoms with Crippen LogP contribution < -0.4 is 10.1 Å². The predicted octanol–water partition coefficient (Wildman–Crippen LogP) is 2.78. The maximum Gasteiger partial charge on any atom is 0.134 e. The molecule has 1 atom stereocenters. The molecule has 0 saturated carbocycles. The van der Waals surface area contributed by atoms with Crippen LogP contribution in [0.1, 0.15) is 26.3 Å². The van der Waals surface area contributed by atoms with E-state index < -0.39 is 0 Å². The topological polar surface area (TPSA) is 30.5 Å². The molecule has 1 rings (SSSR count). The lowest BCUT2D eigenvalue weighted by molar-refractivity contribution is 0.0765. The quantitative estimate of drug-likeness (QED) is 0.843. The average Bonchev–Trinajstić information content (AvgIpc) is 2.28. The molecule has 0 bridgehead atoms. The fraction of sp³-hybridized carbons (Fsp3) is 0.600. The van der Waals surface area contributed by atoms with E-state index in [1.54, 1.807) is 7.11 Å². The zero-order chi connectivity index (χ0) is 13.6. The molecule has 102 valence electrons. The first kappa shape index (κ1) is 15.0. The molecule has 1 unspecified atom stereocenters. The summed E-state index contributed by atoms with van der Waals surface area (Å²) in [5.41, 5.74) is 1.32. The van der Waals surface area contributed by atoms with Crippen LogP contribution in [-0.2, 0) is 4.74 Å². The molecular formula is C15H25NO2. The second-order valence-electron chi connectivity index (χ2n) is 5.64. The largest absolute Gasteiger partial charge is 0.487 e. The Hall–Kier alpha value is -1.06. The summed E-state index contributed by atoms with van der Waals surface area (Å²) in [4.78, 5) is 0. The van der Waals surface area contributed by atoms with Gasteiger partial charge in [0.15, 0.2) is 0 Å². The van der Waals surface area contributed by atoms with Gasteiger partial charge in [-0.05, 0) is 39.8 Å². The number of benzene rings is 1. The lowest BCUT2D eigenvalue weighted by atomic mass is 10.1. The molecule has 18 heavy (non-hydrogen) atoms. The first-order valence-corrected chi connectivity index (χ1v) is 6.38. The zero-order valence-electron chi connectivity index (χ0n) is 12.1. The zero-order valence-corrected chi connectivity index (χ0v) is 12.1. The van der Waals surface area contributed by atoms with Crippen LogP contribution in [0.5, 0.6) is 5.75 Å². The molecule has 3 nitrogen and oxygen atoms in total. The van der Waals surface area contributed by atoms with E-state index in [1.807, 2.05) is 12.1 Å². The van der Waals surface area contributed by atoms with Crippen LogP contribution >= 0.6 is 0 Å². The third-order valence-electron chi connectivity index (χ3n) is 2.54. The van der Waals surface area contributed by atoms with Gasteiger partial charge in [-0.3, -0.25) is 0 Å². The van der Waals surface area contributed by atoms with Crippen LogP contribution in [0.2, 0.25) is 0 Å². The van der Waals surface area contributed by atoms with Crippen LogP contribution in [0.4, 0.5) is 0 Å². The summed E-state index contributed by atoms with van der Waals surface area (Å²) in [5, 5.41) is 3.43. The third kappa shape index (κ3) is 6.03. The SMILES string of the molecule is COCC(CNC(C)(C)C)Oc1ccc(C)cc1. The molecule has 0 amide bonds. The lowest BCUT2D eigenvalue weighted by Gasteiger charge is -2.25. The van der Waals surface area contributed by atoms with Gasteiger partial charge in [-0.15, -0.1) is 0 Å². The fourth-order valence-electron chi connectivity index (χ4n) is 1.55. The minimum absolute atomic E-state index is 0.0249. The maximum absolute atomic E-state index is 5.92. The van der Waals surface area contributed by atoms with E-state index in [2.05, 4.69) is 45.1 Å². The number of ether oxygens (including phenoxy) is 2. The Balaban J connectivity index is 2.54. The highest BCUT2D eigenvalue weighted by molar-refractivity contribution is 5.26. The van der Waals surface area contributed by atoms with E-state index in [-0.39, 0.29) is 11.6 Å². The van der Waals surface area contributed by atoms with E-state index in [4.69, 9.17) is 9.47 Å². The summed E-state index contributed by atoms with van der Waals surface area (Å²) in [5.74, 6) is 0.887. The Morgan fingerprint density at radius 2 is 1.78 bits per heavy atom. The molecule has 0 aliphatic rings. The van der Waals surface area contributed by atoms with Crippen molar-refractivity contribution >= 4 is 0 Å². The molecular weight excluding hydrogens is 226 g/mol. The first-order valence-electron chi connectivity index (χ1n) is 6.38. The predicted molar refractivity (Wildman–Crippen MR) is 75.2 cm³/mol. The molecule has 0 fully saturated rings. The van der Waals surface area contributed by atoms with Gasteiger partial charge in [0.25, 0.3) is 0 Å². The van der Waals surface area contributed by atoms with Crippen LogP contribution in [0, 0.1) is 6.92 Å². The molecule has 0 aliphatic heterocycles. The van der Waals surface area contributed by atoms with E-state index in [0.29, 0.717) is 6.61 Å². The highest BCUT2D eigenvalue weighted by Crippen LogP contribution is 2.13. The number of nitrogens with one attached hydrogen (secondary N) is 1. The van der Waals surface area contributed by atoms with Gasteiger partial charge >= 0.3 is 0 Å². The Morgan fingerprint density at radius 3 is 2.28 bits per heavy atom. The summed E-state index contributed by atoms with van der Waals surface area (Å²) >= 11 is 0. The van der Waals surface area contributed by atoms with E-state index in [1.165, 1.54) is 5.56 Å². The van der Waals surface area contributed by atoms with E-state index in [9.17, 15) is 0 Å². The number of hydrogen-bond acceptors (Lipinski definition) is 3. The molecule has 0 spiro atoms. The van der Waals surface area contributed by atoms with Gasteiger partial charge in [0.1, 0.15) is 11.9 Å². The smallest absolute Gasteiger partial charge is 0.134 e. The summed E-state index contributed by atoms with van der Waals surface area (Å²) in [7, 11) is 1.70. The van der Waals surface area contributed by atoms with Crippen molar-refractivity contribution in [2.75, 3.05) is 20.3 Å². The van der Waals surface area contributed by atoms with E-state index >= 15 is 0 Å². The highest BCUT2D eigenvalue weighted by Gasteiger charge is 2.15. The fourth-order valence-corrected chi connectivity index (χ4v) is 1.55. The normalized spacial score (nSPS) is 13.4. The van der Waals surface area contributed by atoms with Crippen molar-refractivity contribution in [1.82, 2.24) is 5.32 Å². The Morgan fingerprint density at radius 1 is 1.17 bits per heavy atom. The van der Waals surface area contributed by atoms with Crippen molar-refractivity contribution in [2.24, 2.45) is 0 Å². The Kier molecular flexibility index (Phi) is 5.63. The summed E-state index contributed by atoms with van der Waals surface area (Å²) in [6.07, 6.45) is 0.0249. The molecule has 3 heteroatoms. The first-order chi connectivity index (χ1) is 8.40. The molecule has 0 heterocycles. The summed E-state index contributed by atoms with van der Waals surface area (Å²) < 4.78 is 11.1. The van der Waals surface area contributed by atoms with Crippen molar-refractivity contribution in [3.63, 3.8) is 0 Å². The number of aryl methyl sites for hydroxylation is 1. The van der Waals surface area contributed by atoms with Gasteiger partial charge in [0.05, 0.1) is 6.61 Å². The van der Waals surface area contributed by atoms with Crippen molar-refractivity contribution in [3.05, 3.63) is 29.8 Å². The van der Waals surface area contributed by atoms with Crippen LogP contribution in [0.15, 0.2) is 24.3 Å². The van der Waals surface area contributed by atoms with Crippen molar-refractivity contribution in [1.29, 1.82) is 0 Å². The monoisotopic (exact) mass is 251 g/mol. The summed E-state index contributed by atoms with van der Waals surface area (Å²) in [6.45, 7) is 9.84. The van der Waals surface area contributed by atoms with Gasteiger partial charge in [0, 0.05) is 19.2 Å². The molecule has 0 saturated heterocycles. The highest BCUT2D eigenvalue weighted by atomic mass is 16.5. The van der Waals surface area contributed by atoms with Crippen molar-refractivity contribution < 1.29 is 9.47 Å². The number of hydrogen-bond donors (Lipinski definition) is 1. The molecule has 1 N–H and O–H groups in total. The van der Waals surface area contributed by atoms with E-state index in [0.717, 1.165) is 12.3 Å². The second-order valence-corrected chi connectivity index (χ2v) is 5.64. The standard InChI is InChI=1S/C15H25NO2/c1-12-6-8-13(9-7-12)18-14(11-17-5)10-16-15(2,3)4/h6-9,14,16H,10-11H2,1-5H3. The molecule has 0 aliphatic carbocycles. The number of methoxy groups -OCH3 is 1. The summed E-state index contributed by atoms with van der Waals surface area (Å²) in [6, 6.07) is 8.09. The van der Waals surface area contributed by atoms with Crippen molar-refractivity contribution in [3.8, 4) is 5.75 Å². The molecule has 1 aromatic carbocycles. The van der Waals surface area contributed by atoms with Gasteiger partial charge in [-0.25, -0.2) is 0 Å². The van der Waals surface area contributed by atoms with Gasteiger partial charge in [-0.2, -0.15) is 0 Å². The minimum Gasteiger partial charge on any atom is -0.487 e. The number of rotatable bonds is 6. The minimum atomic E-state index is 0.0249. The maximum atomic E-state index is 5.92. The van der Waals surface area contributed by atoms with Crippen LogP contribution in [-0.4, -0.2) is 31.9 Å². The van der Waals surface area contributed by atoms with Gasteiger partial charge in [0.2, 0.25) is 0 Å². The third-order valence-corrected chi connectivity index (χ3v) is 2.54. The molecule has 0 radical (unpaired) electrons.